The molecule has 0 radical (unpaired) electrons. The number of aliphatic hydroxyl groups is 1. The Hall–Kier alpha value is -1.32. The zero-order chi connectivity index (χ0) is 13.8. The molecule has 2 aromatic carbocycles. The fraction of sp³-hybridized carbons (Fsp3) is 0.250. The molecule has 0 aromatic heterocycles. The van der Waals surface area contributed by atoms with Crippen LogP contribution in [0.3, 0.4) is 0 Å². The van der Waals surface area contributed by atoms with Crippen molar-refractivity contribution < 1.29 is 9.84 Å². The van der Waals surface area contributed by atoms with Crippen LogP contribution in [0.25, 0.3) is 0 Å². The maximum Gasteiger partial charge on any atom is 0.130 e. The SMILES string of the molecule is CC(C)c1cc(Br)ccc1Oc1ccc(CO)cc1. The summed E-state index contributed by atoms with van der Waals surface area (Å²) in [6.45, 7) is 4.34. The number of rotatable bonds is 4. The van der Waals surface area contributed by atoms with Gasteiger partial charge in [0.2, 0.25) is 0 Å². The zero-order valence-corrected chi connectivity index (χ0v) is 12.6. The number of benzene rings is 2. The molecule has 0 spiro atoms. The van der Waals surface area contributed by atoms with Crippen molar-refractivity contribution in [3.63, 3.8) is 0 Å². The highest BCUT2D eigenvalue weighted by atomic mass is 79.9. The number of ether oxygens (including phenoxy) is 1. The quantitative estimate of drug-likeness (QED) is 0.871. The molecule has 2 rings (SSSR count). The van der Waals surface area contributed by atoms with Gasteiger partial charge in [-0.05, 0) is 47.4 Å². The molecule has 0 heterocycles. The molecule has 100 valence electrons. The van der Waals surface area contributed by atoms with Crippen molar-refractivity contribution in [3.8, 4) is 11.5 Å². The lowest BCUT2D eigenvalue weighted by atomic mass is 10.0. The highest BCUT2D eigenvalue weighted by Gasteiger charge is 2.09. The minimum absolute atomic E-state index is 0.0514. The lowest BCUT2D eigenvalue weighted by Gasteiger charge is -2.14. The lowest BCUT2D eigenvalue weighted by Crippen LogP contribution is -1.94. The average Bonchev–Trinajstić information content (AvgIpc) is 2.41. The molecule has 0 atom stereocenters. The van der Waals surface area contributed by atoms with Gasteiger partial charge in [0.05, 0.1) is 6.61 Å². The molecule has 19 heavy (non-hydrogen) atoms. The Bertz CT molecular complexity index is 547. The second kappa shape index (κ2) is 6.22. The molecule has 0 fully saturated rings. The normalized spacial score (nSPS) is 10.8. The van der Waals surface area contributed by atoms with E-state index < -0.39 is 0 Å². The third kappa shape index (κ3) is 3.58. The van der Waals surface area contributed by atoms with E-state index in [9.17, 15) is 0 Å². The van der Waals surface area contributed by atoms with E-state index in [0.29, 0.717) is 5.92 Å². The van der Waals surface area contributed by atoms with Crippen LogP contribution in [0.5, 0.6) is 11.5 Å². The predicted molar refractivity (Wildman–Crippen MR) is 80.7 cm³/mol. The van der Waals surface area contributed by atoms with Crippen LogP contribution in [0.4, 0.5) is 0 Å². The fourth-order valence-corrected chi connectivity index (χ4v) is 2.23. The Kier molecular flexibility index (Phi) is 4.61. The van der Waals surface area contributed by atoms with Gasteiger partial charge in [-0.25, -0.2) is 0 Å². The third-order valence-electron chi connectivity index (χ3n) is 2.93. The van der Waals surface area contributed by atoms with Gasteiger partial charge < -0.3 is 9.84 Å². The number of hydrogen-bond donors (Lipinski definition) is 1. The van der Waals surface area contributed by atoms with Crippen molar-refractivity contribution >= 4 is 15.9 Å². The van der Waals surface area contributed by atoms with Gasteiger partial charge in [-0.2, -0.15) is 0 Å². The van der Waals surface area contributed by atoms with E-state index in [2.05, 4.69) is 35.8 Å². The molecule has 1 N–H and O–H groups in total. The maximum absolute atomic E-state index is 9.02. The predicted octanol–water partition coefficient (Wildman–Crippen LogP) is 4.86. The molecule has 2 nitrogen and oxygen atoms in total. The summed E-state index contributed by atoms with van der Waals surface area (Å²) in [5.41, 5.74) is 2.05. The molecule has 0 amide bonds. The summed E-state index contributed by atoms with van der Waals surface area (Å²) in [6.07, 6.45) is 0. The first-order valence-electron chi connectivity index (χ1n) is 6.27. The summed E-state index contributed by atoms with van der Waals surface area (Å²) in [7, 11) is 0. The molecule has 0 aliphatic heterocycles. The first-order chi connectivity index (χ1) is 9.10. The highest BCUT2D eigenvalue weighted by Crippen LogP contribution is 2.32. The molecular formula is C16H17BrO2. The summed E-state index contributed by atoms with van der Waals surface area (Å²) < 4.78 is 6.98. The van der Waals surface area contributed by atoms with Gasteiger partial charge in [0.15, 0.2) is 0 Å². The highest BCUT2D eigenvalue weighted by molar-refractivity contribution is 9.10. The molecule has 0 unspecified atom stereocenters. The molecule has 0 aliphatic carbocycles. The van der Waals surface area contributed by atoms with Crippen LogP contribution in [0.2, 0.25) is 0 Å². The summed E-state index contributed by atoms with van der Waals surface area (Å²) >= 11 is 3.49. The average molecular weight is 321 g/mol. The number of hydrogen-bond acceptors (Lipinski definition) is 2. The van der Waals surface area contributed by atoms with Crippen LogP contribution in [0, 0.1) is 0 Å². The molecular weight excluding hydrogens is 304 g/mol. The standard InChI is InChI=1S/C16H17BrO2/c1-11(2)15-9-13(17)5-8-16(15)19-14-6-3-12(10-18)4-7-14/h3-9,11,18H,10H2,1-2H3. The van der Waals surface area contributed by atoms with E-state index in [4.69, 9.17) is 9.84 Å². The van der Waals surface area contributed by atoms with Crippen molar-refractivity contribution in [2.45, 2.75) is 26.4 Å². The van der Waals surface area contributed by atoms with E-state index in [1.165, 1.54) is 5.56 Å². The number of aliphatic hydroxyl groups excluding tert-OH is 1. The maximum atomic E-state index is 9.02. The summed E-state index contributed by atoms with van der Waals surface area (Å²) in [4.78, 5) is 0. The van der Waals surface area contributed by atoms with Gasteiger partial charge >= 0.3 is 0 Å². The van der Waals surface area contributed by atoms with Crippen molar-refractivity contribution in [3.05, 3.63) is 58.1 Å². The second-order valence-corrected chi connectivity index (χ2v) is 5.66. The topological polar surface area (TPSA) is 29.5 Å². The van der Waals surface area contributed by atoms with Crippen molar-refractivity contribution in [2.24, 2.45) is 0 Å². The van der Waals surface area contributed by atoms with E-state index in [0.717, 1.165) is 21.5 Å². The first kappa shape index (κ1) is 14.1. The summed E-state index contributed by atoms with van der Waals surface area (Å²) in [5.74, 6) is 2.04. The molecule has 0 saturated carbocycles. The number of halogens is 1. The van der Waals surface area contributed by atoms with Crippen LogP contribution in [-0.4, -0.2) is 5.11 Å². The zero-order valence-electron chi connectivity index (χ0n) is 11.1. The third-order valence-corrected chi connectivity index (χ3v) is 3.42. The van der Waals surface area contributed by atoms with Crippen LogP contribution in [0.15, 0.2) is 46.9 Å². The van der Waals surface area contributed by atoms with E-state index in [1.807, 2.05) is 36.4 Å². The second-order valence-electron chi connectivity index (χ2n) is 4.74. The van der Waals surface area contributed by atoms with Crippen molar-refractivity contribution in [2.75, 3.05) is 0 Å². The summed E-state index contributed by atoms with van der Waals surface area (Å²) in [6, 6.07) is 13.5. The van der Waals surface area contributed by atoms with Gasteiger partial charge in [0, 0.05) is 4.47 Å². The van der Waals surface area contributed by atoms with E-state index >= 15 is 0 Å². The van der Waals surface area contributed by atoms with Crippen molar-refractivity contribution in [1.29, 1.82) is 0 Å². The molecule has 3 heteroatoms. The molecule has 2 aromatic rings. The van der Waals surface area contributed by atoms with E-state index in [1.54, 1.807) is 0 Å². The Balaban J connectivity index is 2.26. The molecule has 0 saturated heterocycles. The Morgan fingerprint density at radius 3 is 2.37 bits per heavy atom. The van der Waals surface area contributed by atoms with Gasteiger partial charge in [0.25, 0.3) is 0 Å². The smallest absolute Gasteiger partial charge is 0.130 e. The van der Waals surface area contributed by atoms with Crippen molar-refractivity contribution in [1.82, 2.24) is 0 Å². The van der Waals surface area contributed by atoms with Crippen LogP contribution >= 0.6 is 15.9 Å². The molecule has 0 bridgehead atoms. The summed E-state index contributed by atoms with van der Waals surface area (Å²) in [5, 5.41) is 9.02. The van der Waals surface area contributed by atoms with Gasteiger partial charge in [-0.1, -0.05) is 41.9 Å². The first-order valence-corrected chi connectivity index (χ1v) is 7.06. The van der Waals surface area contributed by atoms with E-state index in [-0.39, 0.29) is 6.61 Å². The lowest BCUT2D eigenvalue weighted by molar-refractivity contribution is 0.281. The Labute approximate surface area is 122 Å². The minimum Gasteiger partial charge on any atom is -0.457 e. The monoisotopic (exact) mass is 320 g/mol. The van der Waals surface area contributed by atoms with Crippen LogP contribution in [-0.2, 0) is 6.61 Å². The Morgan fingerprint density at radius 2 is 1.79 bits per heavy atom. The Morgan fingerprint density at radius 1 is 1.11 bits per heavy atom. The van der Waals surface area contributed by atoms with Crippen LogP contribution in [0.1, 0.15) is 30.9 Å². The van der Waals surface area contributed by atoms with Gasteiger partial charge in [-0.15, -0.1) is 0 Å². The van der Waals surface area contributed by atoms with Gasteiger partial charge in [0.1, 0.15) is 11.5 Å². The largest absolute Gasteiger partial charge is 0.457 e. The fourth-order valence-electron chi connectivity index (χ4n) is 1.85. The minimum atomic E-state index is 0.0514. The molecule has 0 aliphatic rings. The van der Waals surface area contributed by atoms with Crippen LogP contribution < -0.4 is 4.74 Å². The van der Waals surface area contributed by atoms with Gasteiger partial charge in [-0.3, -0.25) is 0 Å².